The van der Waals surface area contributed by atoms with E-state index in [2.05, 4.69) is 15.3 Å². The second kappa shape index (κ2) is 6.86. The molecule has 1 amide bonds. The van der Waals surface area contributed by atoms with Crippen molar-refractivity contribution in [3.05, 3.63) is 70.0 Å². The third kappa shape index (κ3) is 3.92. The van der Waals surface area contributed by atoms with Gasteiger partial charge in [0.05, 0.1) is 27.6 Å². The van der Waals surface area contributed by atoms with Crippen molar-refractivity contribution in [3.8, 4) is 0 Å². The molecular formula is C17H13Cl2N3O. The summed E-state index contributed by atoms with van der Waals surface area (Å²) in [6, 6.07) is 12.9. The number of rotatable bonds is 4. The number of aromatic nitrogens is 2. The van der Waals surface area contributed by atoms with Crippen molar-refractivity contribution in [2.75, 3.05) is 0 Å². The Bertz CT molecular complexity index is 853. The smallest absolute Gasteiger partial charge is 0.244 e. The molecule has 2 aromatic carbocycles. The topological polar surface area (TPSA) is 57.8 Å². The minimum absolute atomic E-state index is 0.212. The van der Waals surface area contributed by atoms with E-state index in [1.165, 1.54) is 6.08 Å². The van der Waals surface area contributed by atoms with Gasteiger partial charge in [0.15, 0.2) is 0 Å². The fourth-order valence-electron chi connectivity index (χ4n) is 2.11. The maximum atomic E-state index is 11.9. The Morgan fingerprint density at radius 1 is 1.17 bits per heavy atom. The summed E-state index contributed by atoms with van der Waals surface area (Å²) >= 11 is 11.8. The van der Waals surface area contributed by atoms with E-state index in [4.69, 9.17) is 23.2 Å². The first-order chi connectivity index (χ1) is 11.1. The van der Waals surface area contributed by atoms with Crippen LogP contribution in [-0.4, -0.2) is 15.9 Å². The number of hydrogen-bond acceptors (Lipinski definition) is 2. The van der Waals surface area contributed by atoms with Crippen LogP contribution >= 0.6 is 23.2 Å². The standard InChI is InChI=1S/C17H13Cl2N3O/c18-12-7-5-11(9-13(12)19)6-8-17(23)20-10-16-21-14-3-1-2-4-15(14)22-16/h1-9H,10H2,(H,20,23)(H,21,22)/b8-6+. The fraction of sp³-hybridized carbons (Fsp3) is 0.0588. The highest BCUT2D eigenvalue weighted by Crippen LogP contribution is 2.23. The molecule has 0 aliphatic rings. The Morgan fingerprint density at radius 2 is 2.00 bits per heavy atom. The number of H-pyrrole nitrogens is 1. The van der Waals surface area contributed by atoms with Crippen LogP contribution in [0.15, 0.2) is 48.5 Å². The molecule has 0 aliphatic carbocycles. The summed E-state index contributed by atoms with van der Waals surface area (Å²) in [6.45, 7) is 0.333. The lowest BCUT2D eigenvalue weighted by molar-refractivity contribution is -0.116. The van der Waals surface area contributed by atoms with Gasteiger partial charge in [-0.15, -0.1) is 0 Å². The maximum Gasteiger partial charge on any atom is 0.244 e. The SMILES string of the molecule is O=C(/C=C/c1ccc(Cl)c(Cl)c1)NCc1nc2ccccc2[nH]1. The lowest BCUT2D eigenvalue weighted by Gasteiger charge is -1.99. The van der Waals surface area contributed by atoms with Crippen LogP contribution in [0.1, 0.15) is 11.4 Å². The van der Waals surface area contributed by atoms with Crippen LogP contribution in [-0.2, 0) is 11.3 Å². The Hall–Kier alpha value is -2.30. The molecule has 0 saturated carbocycles. The van der Waals surface area contributed by atoms with E-state index in [0.29, 0.717) is 22.4 Å². The van der Waals surface area contributed by atoms with Crippen LogP contribution in [0.4, 0.5) is 0 Å². The van der Waals surface area contributed by atoms with Crippen molar-refractivity contribution >= 4 is 46.2 Å². The van der Waals surface area contributed by atoms with Crippen molar-refractivity contribution < 1.29 is 4.79 Å². The van der Waals surface area contributed by atoms with Crippen molar-refractivity contribution in [2.24, 2.45) is 0 Å². The fourth-order valence-corrected chi connectivity index (χ4v) is 2.41. The number of aromatic amines is 1. The van der Waals surface area contributed by atoms with Crippen LogP contribution in [0.25, 0.3) is 17.1 Å². The molecule has 0 saturated heterocycles. The van der Waals surface area contributed by atoms with E-state index in [-0.39, 0.29) is 5.91 Å². The Kier molecular flexibility index (Phi) is 4.65. The van der Waals surface area contributed by atoms with E-state index in [0.717, 1.165) is 16.6 Å². The number of nitrogens with one attached hydrogen (secondary N) is 2. The van der Waals surface area contributed by atoms with Crippen LogP contribution < -0.4 is 5.32 Å². The first-order valence-electron chi connectivity index (χ1n) is 6.96. The number of halogens is 2. The van der Waals surface area contributed by atoms with Gasteiger partial charge in [-0.2, -0.15) is 0 Å². The molecule has 2 N–H and O–H groups in total. The first-order valence-corrected chi connectivity index (χ1v) is 7.72. The highest BCUT2D eigenvalue weighted by molar-refractivity contribution is 6.42. The molecular weight excluding hydrogens is 333 g/mol. The molecule has 0 aliphatic heterocycles. The normalized spacial score (nSPS) is 11.2. The van der Waals surface area contributed by atoms with Gasteiger partial charge in [-0.25, -0.2) is 4.98 Å². The summed E-state index contributed by atoms with van der Waals surface area (Å²) in [7, 11) is 0. The van der Waals surface area contributed by atoms with Crippen molar-refractivity contribution in [3.63, 3.8) is 0 Å². The van der Waals surface area contributed by atoms with Gasteiger partial charge in [-0.3, -0.25) is 4.79 Å². The molecule has 0 bridgehead atoms. The van der Waals surface area contributed by atoms with Crippen LogP contribution in [0.5, 0.6) is 0 Å². The van der Waals surface area contributed by atoms with E-state index in [1.807, 2.05) is 24.3 Å². The molecule has 0 unspecified atom stereocenters. The Balaban J connectivity index is 1.60. The van der Waals surface area contributed by atoms with E-state index >= 15 is 0 Å². The molecule has 4 nitrogen and oxygen atoms in total. The number of amides is 1. The monoisotopic (exact) mass is 345 g/mol. The zero-order chi connectivity index (χ0) is 16.2. The Morgan fingerprint density at radius 3 is 2.78 bits per heavy atom. The molecule has 0 atom stereocenters. The lowest BCUT2D eigenvalue weighted by atomic mass is 10.2. The average molecular weight is 346 g/mol. The quantitative estimate of drug-likeness (QED) is 0.696. The third-order valence-corrected chi connectivity index (χ3v) is 3.98. The molecule has 6 heteroatoms. The second-order valence-electron chi connectivity index (χ2n) is 4.93. The van der Waals surface area contributed by atoms with Gasteiger partial charge in [0.25, 0.3) is 0 Å². The van der Waals surface area contributed by atoms with Gasteiger partial charge < -0.3 is 10.3 Å². The summed E-state index contributed by atoms with van der Waals surface area (Å²) in [4.78, 5) is 19.4. The largest absolute Gasteiger partial charge is 0.345 e. The number of carbonyl (C=O) groups is 1. The summed E-state index contributed by atoms with van der Waals surface area (Å²) in [5.41, 5.74) is 2.63. The maximum absolute atomic E-state index is 11.9. The van der Waals surface area contributed by atoms with E-state index in [9.17, 15) is 4.79 Å². The first kappa shape index (κ1) is 15.6. The van der Waals surface area contributed by atoms with Crippen LogP contribution in [0, 0.1) is 0 Å². The predicted octanol–water partition coefficient (Wildman–Crippen LogP) is 4.20. The van der Waals surface area contributed by atoms with E-state index < -0.39 is 0 Å². The molecule has 0 radical (unpaired) electrons. The number of nitrogens with zero attached hydrogens (tertiary/aromatic N) is 1. The number of carbonyl (C=O) groups excluding carboxylic acids is 1. The van der Waals surface area contributed by atoms with Crippen LogP contribution in [0.2, 0.25) is 10.0 Å². The summed E-state index contributed by atoms with van der Waals surface area (Å²) in [6.07, 6.45) is 3.12. The molecule has 3 rings (SSSR count). The number of fused-ring (bicyclic) bond motifs is 1. The van der Waals surface area contributed by atoms with Gasteiger partial charge in [0.2, 0.25) is 5.91 Å². The zero-order valence-electron chi connectivity index (χ0n) is 12.0. The van der Waals surface area contributed by atoms with Crippen LogP contribution in [0.3, 0.4) is 0 Å². The zero-order valence-corrected chi connectivity index (χ0v) is 13.5. The molecule has 1 heterocycles. The molecule has 116 valence electrons. The van der Waals surface area contributed by atoms with Crippen molar-refractivity contribution in [2.45, 2.75) is 6.54 Å². The molecule has 1 aromatic heterocycles. The highest BCUT2D eigenvalue weighted by Gasteiger charge is 2.03. The number of imidazole rings is 1. The van der Waals surface area contributed by atoms with Gasteiger partial charge in [0.1, 0.15) is 5.82 Å². The molecule has 3 aromatic rings. The second-order valence-corrected chi connectivity index (χ2v) is 5.74. The van der Waals surface area contributed by atoms with Crippen molar-refractivity contribution in [1.29, 1.82) is 0 Å². The minimum atomic E-state index is -0.212. The molecule has 0 fully saturated rings. The highest BCUT2D eigenvalue weighted by atomic mass is 35.5. The van der Waals surface area contributed by atoms with Crippen molar-refractivity contribution in [1.82, 2.24) is 15.3 Å². The van der Waals surface area contributed by atoms with Gasteiger partial charge in [-0.1, -0.05) is 41.4 Å². The van der Waals surface area contributed by atoms with Gasteiger partial charge in [-0.05, 0) is 35.9 Å². The molecule has 23 heavy (non-hydrogen) atoms. The van der Waals surface area contributed by atoms with E-state index in [1.54, 1.807) is 24.3 Å². The summed E-state index contributed by atoms with van der Waals surface area (Å²) < 4.78 is 0. The minimum Gasteiger partial charge on any atom is -0.345 e. The lowest BCUT2D eigenvalue weighted by Crippen LogP contribution is -2.20. The predicted molar refractivity (Wildman–Crippen MR) is 93.4 cm³/mol. The number of para-hydroxylation sites is 2. The Labute approximate surface area is 143 Å². The number of benzene rings is 2. The van der Waals surface area contributed by atoms with Gasteiger partial charge in [0, 0.05) is 6.08 Å². The summed E-state index contributed by atoms with van der Waals surface area (Å²) in [5.74, 6) is 0.499. The van der Waals surface area contributed by atoms with Gasteiger partial charge >= 0.3 is 0 Å². The average Bonchev–Trinajstić information content (AvgIpc) is 2.97. The summed E-state index contributed by atoms with van der Waals surface area (Å²) in [5, 5.41) is 3.72. The number of hydrogen-bond donors (Lipinski definition) is 2. The third-order valence-electron chi connectivity index (χ3n) is 3.24. The molecule has 0 spiro atoms.